The number of hydrogen-bond acceptors (Lipinski definition) is 6. The number of ether oxygens (including phenoxy) is 2. The van der Waals surface area contributed by atoms with Gasteiger partial charge < -0.3 is 25.0 Å². The van der Waals surface area contributed by atoms with Gasteiger partial charge in [0, 0.05) is 29.6 Å². The minimum absolute atomic E-state index is 0.0151. The van der Waals surface area contributed by atoms with Gasteiger partial charge in [0.15, 0.2) is 0 Å². The lowest BCUT2D eigenvalue weighted by Gasteiger charge is -2.28. The van der Waals surface area contributed by atoms with Crippen molar-refractivity contribution >= 4 is 22.2 Å². The quantitative estimate of drug-likeness (QED) is 0.882. The van der Waals surface area contributed by atoms with Crippen molar-refractivity contribution in [3.8, 4) is 11.5 Å². The van der Waals surface area contributed by atoms with Gasteiger partial charge >= 0.3 is 0 Å². The van der Waals surface area contributed by atoms with Gasteiger partial charge in [-0.05, 0) is 31.2 Å². The first-order chi connectivity index (χ1) is 12.1. The van der Waals surface area contributed by atoms with Crippen molar-refractivity contribution in [2.45, 2.75) is 19.1 Å². The molecule has 0 unspecified atom stereocenters. The molecule has 0 bridgehead atoms. The average Bonchev–Trinajstić information content (AvgIpc) is 2.98. The van der Waals surface area contributed by atoms with E-state index >= 15 is 0 Å². The van der Waals surface area contributed by atoms with E-state index in [1.165, 1.54) is 10.4 Å². The van der Waals surface area contributed by atoms with E-state index in [4.69, 9.17) is 9.47 Å². The first kappa shape index (κ1) is 16.2. The van der Waals surface area contributed by atoms with Gasteiger partial charge in [0.2, 0.25) is 0 Å². The molecule has 1 atom stereocenters. The second-order valence-corrected chi connectivity index (χ2v) is 7.46. The lowest BCUT2D eigenvalue weighted by Crippen LogP contribution is -2.38. The van der Waals surface area contributed by atoms with Crippen LogP contribution in [0.25, 0.3) is 0 Å². The third-order valence-corrected chi connectivity index (χ3v) is 5.93. The molecule has 2 aliphatic rings. The molecule has 0 radical (unpaired) electrons. The van der Waals surface area contributed by atoms with E-state index in [-0.39, 0.29) is 12.1 Å². The molecule has 0 saturated carbocycles. The number of nitrogens with one attached hydrogen (secondary N) is 2. The Labute approximate surface area is 150 Å². The summed E-state index contributed by atoms with van der Waals surface area (Å²) in [6.07, 6.45) is 0.599. The first-order valence-electron chi connectivity index (χ1n) is 8.23. The molecule has 1 aromatic heterocycles. The van der Waals surface area contributed by atoms with Crippen LogP contribution in [-0.2, 0) is 13.0 Å². The van der Waals surface area contributed by atoms with Crippen molar-refractivity contribution < 1.29 is 14.3 Å². The van der Waals surface area contributed by atoms with Crippen LogP contribution in [0.4, 0.5) is 5.00 Å². The number of methoxy groups -OCH3 is 2. The summed E-state index contributed by atoms with van der Waals surface area (Å²) in [7, 11) is 5.35. The Bertz CT molecular complexity index is 833. The van der Waals surface area contributed by atoms with Crippen molar-refractivity contribution in [3.05, 3.63) is 39.8 Å². The Hall–Kier alpha value is -2.25. The molecule has 1 amide bonds. The fourth-order valence-corrected chi connectivity index (χ4v) is 4.81. The Morgan fingerprint density at radius 2 is 2.08 bits per heavy atom. The summed E-state index contributed by atoms with van der Waals surface area (Å²) in [5.41, 5.74) is 2.89. The maximum absolute atomic E-state index is 12.8. The summed E-state index contributed by atoms with van der Waals surface area (Å²) >= 11 is 1.69. The van der Waals surface area contributed by atoms with Crippen LogP contribution >= 0.6 is 11.3 Å². The normalized spacial score (nSPS) is 19.5. The summed E-state index contributed by atoms with van der Waals surface area (Å²) < 4.78 is 10.7. The lowest BCUT2D eigenvalue weighted by atomic mass is 10.0. The Morgan fingerprint density at radius 1 is 1.24 bits per heavy atom. The fourth-order valence-electron chi connectivity index (χ4n) is 3.46. The minimum Gasteiger partial charge on any atom is -0.497 e. The van der Waals surface area contributed by atoms with Crippen LogP contribution in [0, 0.1) is 0 Å². The van der Waals surface area contributed by atoms with Crippen LogP contribution in [0.2, 0.25) is 0 Å². The van der Waals surface area contributed by atoms with E-state index in [2.05, 4.69) is 22.6 Å². The molecule has 2 aromatic rings. The molecule has 4 rings (SSSR count). The fraction of sp³-hybridized carbons (Fsp3) is 0.389. The third-order valence-electron chi connectivity index (χ3n) is 4.78. The van der Waals surface area contributed by atoms with Gasteiger partial charge in [0.25, 0.3) is 5.91 Å². The highest BCUT2D eigenvalue weighted by Gasteiger charge is 2.33. The van der Waals surface area contributed by atoms with Gasteiger partial charge in [-0.3, -0.25) is 4.79 Å². The standard InChI is InChI=1S/C18H21N3O3S/c1-21-7-6-12-14(9-21)25-18-15(12)17(22)19-16(20-18)11-5-4-10(23-2)8-13(11)24-3/h4-5,8,16,20H,6-7,9H2,1-3H3,(H,19,22)/t16-/m0/s1. The molecule has 132 valence electrons. The number of benzene rings is 1. The highest BCUT2D eigenvalue weighted by atomic mass is 32.1. The maximum atomic E-state index is 12.8. The van der Waals surface area contributed by atoms with E-state index in [1.54, 1.807) is 25.6 Å². The maximum Gasteiger partial charge on any atom is 0.256 e. The highest BCUT2D eigenvalue weighted by molar-refractivity contribution is 7.16. The van der Waals surface area contributed by atoms with Gasteiger partial charge in [-0.25, -0.2) is 0 Å². The van der Waals surface area contributed by atoms with E-state index in [9.17, 15) is 4.79 Å². The summed E-state index contributed by atoms with van der Waals surface area (Å²) in [4.78, 5) is 16.3. The number of rotatable bonds is 3. The molecule has 25 heavy (non-hydrogen) atoms. The number of nitrogens with zero attached hydrogens (tertiary/aromatic N) is 1. The largest absolute Gasteiger partial charge is 0.497 e. The van der Waals surface area contributed by atoms with Crippen LogP contribution in [0.5, 0.6) is 11.5 Å². The van der Waals surface area contributed by atoms with E-state index in [0.29, 0.717) is 5.75 Å². The molecule has 2 aliphatic heterocycles. The van der Waals surface area contributed by atoms with Crippen molar-refractivity contribution in [1.29, 1.82) is 0 Å². The number of amides is 1. The summed E-state index contributed by atoms with van der Waals surface area (Å²) in [5, 5.41) is 7.50. The highest BCUT2D eigenvalue weighted by Crippen LogP contribution is 2.41. The lowest BCUT2D eigenvalue weighted by molar-refractivity contribution is 0.0934. The van der Waals surface area contributed by atoms with Crippen LogP contribution in [0.1, 0.15) is 32.5 Å². The zero-order valence-electron chi connectivity index (χ0n) is 14.5. The smallest absolute Gasteiger partial charge is 0.256 e. The van der Waals surface area contributed by atoms with Crippen molar-refractivity contribution in [1.82, 2.24) is 10.2 Å². The van der Waals surface area contributed by atoms with E-state index in [1.807, 2.05) is 18.2 Å². The molecule has 0 aliphatic carbocycles. The molecule has 1 aromatic carbocycles. The van der Waals surface area contributed by atoms with Gasteiger partial charge in [-0.15, -0.1) is 11.3 Å². The molecule has 0 fully saturated rings. The number of anilines is 1. The summed E-state index contributed by atoms with van der Waals surface area (Å²) in [5.74, 6) is 1.39. The van der Waals surface area contributed by atoms with Crippen LogP contribution in [-0.4, -0.2) is 38.6 Å². The first-order valence-corrected chi connectivity index (χ1v) is 9.04. The Kier molecular flexibility index (Phi) is 4.05. The third kappa shape index (κ3) is 2.73. The Morgan fingerprint density at radius 3 is 2.84 bits per heavy atom. The number of fused-ring (bicyclic) bond motifs is 3. The molecular weight excluding hydrogens is 338 g/mol. The van der Waals surface area contributed by atoms with E-state index < -0.39 is 0 Å². The topological polar surface area (TPSA) is 62.8 Å². The van der Waals surface area contributed by atoms with Gasteiger partial charge in [0.1, 0.15) is 22.7 Å². The predicted octanol–water partition coefficient (Wildman–Crippen LogP) is 2.61. The van der Waals surface area contributed by atoms with Crippen molar-refractivity contribution in [3.63, 3.8) is 0 Å². The number of carbonyl (C=O) groups excluding carboxylic acids is 1. The zero-order chi connectivity index (χ0) is 17.6. The molecule has 0 spiro atoms. The minimum atomic E-state index is -0.321. The van der Waals surface area contributed by atoms with Crippen LogP contribution in [0.15, 0.2) is 18.2 Å². The zero-order valence-corrected chi connectivity index (χ0v) is 15.3. The number of likely N-dealkylation sites (N-methyl/N-ethyl adjacent to an activating group) is 1. The van der Waals surface area contributed by atoms with Crippen molar-refractivity contribution in [2.24, 2.45) is 0 Å². The van der Waals surface area contributed by atoms with Gasteiger partial charge in [0.05, 0.1) is 19.8 Å². The number of thiophene rings is 1. The van der Waals surface area contributed by atoms with Crippen LogP contribution < -0.4 is 20.1 Å². The number of carbonyl (C=O) groups is 1. The summed E-state index contributed by atoms with van der Waals surface area (Å²) in [6, 6.07) is 5.62. The SMILES string of the molecule is COc1ccc([C@H]2NC(=O)c3c(sc4c3CCN(C)C4)N2)c(OC)c1. The second kappa shape index (κ2) is 6.24. The number of hydrogen-bond donors (Lipinski definition) is 2. The van der Waals surface area contributed by atoms with Gasteiger partial charge in [-0.1, -0.05) is 0 Å². The molecule has 7 heteroatoms. The molecule has 2 N–H and O–H groups in total. The van der Waals surface area contributed by atoms with Gasteiger partial charge in [-0.2, -0.15) is 0 Å². The molecular formula is C18H21N3O3S. The molecule has 6 nitrogen and oxygen atoms in total. The van der Waals surface area contributed by atoms with Crippen molar-refractivity contribution in [2.75, 3.05) is 33.1 Å². The monoisotopic (exact) mass is 359 g/mol. The Balaban J connectivity index is 1.69. The van der Waals surface area contributed by atoms with E-state index in [0.717, 1.165) is 41.4 Å². The van der Waals surface area contributed by atoms with Crippen LogP contribution in [0.3, 0.4) is 0 Å². The second-order valence-electron chi connectivity index (χ2n) is 6.35. The predicted molar refractivity (Wildman–Crippen MR) is 97.7 cm³/mol. The summed E-state index contributed by atoms with van der Waals surface area (Å²) in [6.45, 7) is 1.89. The molecule has 3 heterocycles. The average molecular weight is 359 g/mol. The molecule has 0 saturated heterocycles.